The van der Waals surface area contributed by atoms with Crippen LogP contribution in [0.2, 0.25) is 0 Å². The van der Waals surface area contributed by atoms with Crippen LogP contribution < -0.4 is 11.1 Å². The fourth-order valence-corrected chi connectivity index (χ4v) is 2.18. The van der Waals surface area contributed by atoms with Crippen LogP contribution in [-0.2, 0) is 4.74 Å². The summed E-state index contributed by atoms with van der Waals surface area (Å²) in [5, 5.41) is 3.44. The fourth-order valence-electron chi connectivity index (χ4n) is 2.18. The number of para-hydroxylation sites is 1. The van der Waals surface area contributed by atoms with Gasteiger partial charge in [-0.25, -0.2) is 0 Å². The van der Waals surface area contributed by atoms with E-state index in [9.17, 15) is 0 Å². The van der Waals surface area contributed by atoms with Gasteiger partial charge in [0, 0.05) is 12.2 Å². The van der Waals surface area contributed by atoms with Gasteiger partial charge < -0.3 is 15.8 Å². The Bertz CT molecular complexity index is 315. The number of hydrogen-bond donors (Lipinski definition) is 2. The quantitative estimate of drug-likeness (QED) is 0.815. The Hall–Kier alpha value is -1.06. The van der Waals surface area contributed by atoms with Gasteiger partial charge in [-0.3, -0.25) is 0 Å². The van der Waals surface area contributed by atoms with Gasteiger partial charge >= 0.3 is 0 Å². The number of hydrogen-bond acceptors (Lipinski definition) is 3. The molecule has 1 fully saturated rings. The van der Waals surface area contributed by atoms with E-state index in [2.05, 4.69) is 24.4 Å². The zero-order chi connectivity index (χ0) is 11.4. The van der Waals surface area contributed by atoms with Gasteiger partial charge in [0.25, 0.3) is 0 Å². The predicted molar refractivity (Wildman–Crippen MR) is 66.5 cm³/mol. The van der Waals surface area contributed by atoms with Gasteiger partial charge in [-0.05, 0) is 31.9 Å². The van der Waals surface area contributed by atoms with Crippen molar-refractivity contribution < 1.29 is 4.74 Å². The Morgan fingerprint density at radius 1 is 1.38 bits per heavy atom. The highest BCUT2D eigenvalue weighted by Crippen LogP contribution is 2.23. The molecule has 0 radical (unpaired) electrons. The van der Waals surface area contributed by atoms with E-state index in [0.29, 0.717) is 12.6 Å². The number of benzene rings is 1. The van der Waals surface area contributed by atoms with Crippen LogP contribution in [0.3, 0.4) is 0 Å². The molecule has 1 aliphatic heterocycles. The van der Waals surface area contributed by atoms with Crippen molar-refractivity contribution in [1.29, 1.82) is 0 Å². The Balaban J connectivity index is 1.96. The minimum Gasteiger partial charge on any atom is -0.378 e. The summed E-state index contributed by atoms with van der Waals surface area (Å²) in [4.78, 5) is 0. The van der Waals surface area contributed by atoms with Gasteiger partial charge in [-0.15, -0.1) is 0 Å². The lowest BCUT2D eigenvalue weighted by molar-refractivity contribution is 0.0460. The third-order valence-electron chi connectivity index (χ3n) is 3.09. The molecule has 3 nitrogen and oxygen atoms in total. The summed E-state index contributed by atoms with van der Waals surface area (Å²) < 4.78 is 5.84. The molecule has 0 saturated carbocycles. The molecule has 3 heteroatoms. The number of rotatable bonds is 4. The summed E-state index contributed by atoms with van der Waals surface area (Å²) in [6.07, 6.45) is 2.86. The molecule has 1 aromatic rings. The third kappa shape index (κ3) is 2.74. The number of anilines is 1. The molecule has 1 aliphatic rings. The standard InChI is InChI=1S/C13H20N2O/c1-10-7-8-13(16-10)12(9-14)15-11-5-3-2-4-6-11/h2-6,10,12-13,15H,7-9,14H2,1H3. The van der Waals surface area contributed by atoms with Crippen LogP contribution in [0.15, 0.2) is 30.3 Å². The number of ether oxygens (including phenoxy) is 1. The second-order valence-corrected chi connectivity index (χ2v) is 4.42. The van der Waals surface area contributed by atoms with Crippen molar-refractivity contribution in [3.63, 3.8) is 0 Å². The van der Waals surface area contributed by atoms with Gasteiger partial charge in [0.15, 0.2) is 0 Å². The number of nitrogens with two attached hydrogens (primary N) is 1. The van der Waals surface area contributed by atoms with Crippen molar-refractivity contribution in [3.8, 4) is 0 Å². The summed E-state index contributed by atoms with van der Waals surface area (Å²) in [7, 11) is 0. The van der Waals surface area contributed by atoms with Gasteiger partial charge in [-0.1, -0.05) is 18.2 Å². The first-order chi connectivity index (χ1) is 7.79. The van der Waals surface area contributed by atoms with Gasteiger partial charge in [-0.2, -0.15) is 0 Å². The van der Waals surface area contributed by atoms with E-state index in [1.54, 1.807) is 0 Å². The summed E-state index contributed by atoms with van der Waals surface area (Å²) >= 11 is 0. The lowest BCUT2D eigenvalue weighted by Gasteiger charge is -2.24. The van der Waals surface area contributed by atoms with E-state index in [1.165, 1.54) is 0 Å². The van der Waals surface area contributed by atoms with E-state index >= 15 is 0 Å². The maximum atomic E-state index is 5.84. The zero-order valence-corrected chi connectivity index (χ0v) is 9.73. The van der Waals surface area contributed by atoms with Crippen molar-refractivity contribution >= 4 is 5.69 Å². The van der Waals surface area contributed by atoms with E-state index in [0.717, 1.165) is 18.5 Å². The Morgan fingerprint density at radius 2 is 2.12 bits per heavy atom. The molecule has 0 spiro atoms. The van der Waals surface area contributed by atoms with Crippen molar-refractivity contribution in [2.75, 3.05) is 11.9 Å². The highest BCUT2D eigenvalue weighted by Gasteiger charge is 2.28. The van der Waals surface area contributed by atoms with Crippen LogP contribution in [0.1, 0.15) is 19.8 Å². The normalized spacial score (nSPS) is 26.6. The Morgan fingerprint density at radius 3 is 2.69 bits per heavy atom. The molecule has 88 valence electrons. The average molecular weight is 220 g/mol. The van der Waals surface area contributed by atoms with Crippen molar-refractivity contribution in [1.82, 2.24) is 0 Å². The van der Waals surface area contributed by atoms with Crippen LogP contribution in [-0.4, -0.2) is 24.8 Å². The van der Waals surface area contributed by atoms with Crippen LogP contribution in [0.5, 0.6) is 0 Å². The number of nitrogens with one attached hydrogen (secondary N) is 1. The smallest absolute Gasteiger partial charge is 0.0792 e. The molecular weight excluding hydrogens is 200 g/mol. The second kappa shape index (κ2) is 5.32. The molecule has 3 unspecified atom stereocenters. The van der Waals surface area contributed by atoms with Gasteiger partial charge in [0.05, 0.1) is 18.2 Å². The van der Waals surface area contributed by atoms with Crippen LogP contribution in [0, 0.1) is 0 Å². The van der Waals surface area contributed by atoms with E-state index in [4.69, 9.17) is 10.5 Å². The molecule has 1 aromatic carbocycles. The molecule has 1 heterocycles. The molecule has 0 aliphatic carbocycles. The second-order valence-electron chi connectivity index (χ2n) is 4.42. The molecule has 2 rings (SSSR count). The molecule has 1 saturated heterocycles. The minimum absolute atomic E-state index is 0.215. The van der Waals surface area contributed by atoms with Crippen LogP contribution in [0.25, 0.3) is 0 Å². The van der Waals surface area contributed by atoms with Crippen molar-refractivity contribution in [3.05, 3.63) is 30.3 Å². The topological polar surface area (TPSA) is 47.3 Å². The summed E-state index contributed by atoms with van der Waals surface area (Å²) in [6, 6.07) is 10.4. The molecule has 16 heavy (non-hydrogen) atoms. The van der Waals surface area contributed by atoms with Gasteiger partial charge in [0.2, 0.25) is 0 Å². The summed E-state index contributed by atoms with van der Waals surface area (Å²) in [5.41, 5.74) is 6.92. The predicted octanol–water partition coefficient (Wildman–Crippen LogP) is 1.99. The zero-order valence-electron chi connectivity index (χ0n) is 9.73. The van der Waals surface area contributed by atoms with Crippen LogP contribution >= 0.6 is 0 Å². The average Bonchev–Trinajstić information content (AvgIpc) is 2.74. The maximum Gasteiger partial charge on any atom is 0.0792 e. The molecule has 3 N–H and O–H groups in total. The first kappa shape index (κ1) is 11.4. The Labute approximate surface area is 97.0 Å². The van der Waals surface area contributed by atoms with E-state index < -0.39 is 0 Å². The van der Waals surface area contributed by atoms with Gasteiger partial charge in [0.1, 0.15) is 0 Å². The monoisotopic (exact) mass is 220 g/mol. The molecule has 3 atom stereocenters. The van der Waals surface area contributed by atoms with E-state index in [1.807, 2.05) is 18.2 Å². The third-order valence-corrected chi connectivity index (χ3v) is 3.09. The highest BCUT2D eigenvalue weighted by atomic mass is 16.5. The molecule has 0 amide bonds. The summed E-state index contributed by atoms with van der Waals surface area (Å²) in [6.45, 7) is 2.72. The van der Waals surface area contributed by atoms with E-state index in [-0.39, 0.29) is 12.1 Å². The molecule has 0 aromatic heterocycles. The maximum absolute atomic E-state index is 5.84. The largest absolute Gasteiger partial charge is 0.378 e. The minimum atomic E-state index is 0.215. The lowest BCUT2D eigenvalue weighted by Crippen LogP contribution is -2.40. The lowest BCUT2D eigenvalue weighted by atomic mass is 10.1. The van der Waals surface area contributed by atoms with Crippen molar-refractivity contribution in [2.45, 2.75) is 38.0 Å². The van der Waals surface area contributed by atoms with Crippen molar-refractivity contribution in [2.24, 2.45) is 5.73 Å². The first-order valence-corrected chi connectivity index (χ1v) is 5.96. The fraction of sp³-hybridized carbons (Fsp3) is 0.538. The highest BCUT2D eigenvalue weighted by molar-refractivity contribution is 5.43. The van der Waals surface area contributed by atoms with Crippen LogP contribution in [0.4, 0.5) is 5.69 Å². The summed E-state index contributed by atoms with van der Waals surface area (Å²) in [5.74, 6) is 0. The Kier molecular flexibility index (Phi) is 3.80. The SMILES string of the molecule is CC1CCC(C(CN)Nc2ccccc2)O1. The first-order valence-electron chi connectivity index (χ1n) is 5.96. The molecular formula is C13H20N2O. The molecule has 0 bridgehead atoms.